The largest absolute Gasteiger partial charge is 0.484 e. The van der Waals surface area contributed by atoms with E-state index in [4.69, 9.17) is 14.2 Å². The number of fused-ring (bicyclic) bond motifs is 1. The SMILES string of the molecule is O=C(COc1ccc(I)cc1)Nc1ccc2c(c1)OCO2. The smallest absolute Gasteiger partial charge is 0.262 e. The molecule has 1 N–H and O–H groups in total. The number of amides is 1. The number of ether oxygens (including phenoxy) is 3. The Kier molecular flexibility index (Phi) is 4.14. The highest BCUT2D eigenvalue weighted by Gasteiger charge is 2.14. The average molecular weight is 397 g/mol. The fourth-order valence-corrected chi connectivity index (χ4v) is 2.21. The molecule has 1 aliphatic heterocycles. The minimum absolute atomic E-state index is 0.0466. The fourth-order valence-electron chi connectivity index (χ4n) is 1.85. The number of carbonyl (C=O) groups excluding carboxylic acids is 1. The Bertz CT molecular complexity index is 657. The molecule has 0 spiro atoms. The molecule has 0 radical (unpaired) electrons. The van der Waals surface area contributed by atoms with Crippen molar-refractivity contribution in [2.45, 2.75) is 0 Å². The number of anilines is 1. The summed E-state index contributed by atoms with van der Waals surface area (Å²) in [7, 11) is 0. The van der Waals surface area contributed by atoms with Gasteiger partial charge in [0.15, 0.2) is 18.1 Å². The van der Waals surface area contributed by atoms with Crippen LogP contribution in [-0.4, -0.2) is 19.3 Å². The van der Waals surface area contributed by atoms with Crippen molar-refractivity contribution < 1.29 is 19.0 Å². The van der Waals surface area contributed by atoms with Gasteiger partial charge in [0.2, 0.25) is 6.79 Å². The average Bonchev–Trinajstić information content (AvgIpc) is 2.94. The summed E-state index contributed by atoms with van der Waals surface area (Å²) in [5.41, 5.74) is 0.649. The molecule has 0 unspecified atom stereocenters. The number of halogens is 1. The van der Waals surface area contributed by atoms with E-state index in [1.165, 1.54) is 0 Å². The van der Waals surface area contributed by atoms with Gasteiger partial charge in [0.1, 0.15) is 5.75 Å². The second-order valence-electron chi connectivity index (χ2n) is 4.36. The summed E-state index contributed by atoms with van der Waals surface area (Å²) in [4.78, 5) is 11.8. The van der Waals surface area contributed by atoms with E-state index in [1.54, 1.807) is 18.2 Å². The second-order valence-corrected chi connectivity index (χ2v) is 5.60. The van der Waals surface area contributed by atoms with Crippen molar-refractivity contribution in [1.82, 2.24) is 0 Å². The summed E-state index contributed by atoms with van der Waals surface area (Å²) in [5.74, 6) is 1.75. The Morgan fingerprint density at radius 1 is 1.14 bits per heavy atom. The van der Waals surface area contributed by atoms with Gasteiger partial charge >= 0.3 is 0 Å². The molecule has 2 aromatic carbocycles. The number of rotatable bonds is 4. The molecule has 3 rings (SSSR count). The zero-order valence-electron chi connectivity index (χ0n) is 11.0. The first-order chi connectivity index (χ1) is 10.2. The molecule has 5 nitrogen and oxygen atoms in total. The van der Waals surface area contributed by atoms with Gasteiger partial charge in [-0.2, -0.15) is 0 Å². The fraction of sp³-hybridized carbons (Fsp3) is 0.133. The van der Waals surface area contributed by atoms with Gasteiger partial charge in [-0.15, -0.1) is 0 Å². The lowest BCUT2D eigenvalue weighted by Gasteiger charge is -2.08. The maximum atomic E-state index is 11.8. The number of nitrogens with one attached hydrogen (secondary N) is 1. The van der Waals surface area contributed by atoms with Crippen LogP contribution in [0.25, 0.3) is 0 Å². The van der Waals surface area contributed by atoms with Crippen LogP contribution in [0.5, 0.6) is 17.2 Å². The molecule has 0 saturated heterocycles. The van der Waals surface area contributed by atoms with Crippen LogP contribution in [0.3, 0.4) is 0 Å². The predicted octanol–water partition coefficient (Wildman–Crippen LogP) is 3.04. The lowest BCUT2D eigenvalue weighted by atomic mass is 10.3. The Morgan fingerprint density at radius 2 is 1.90 bits per heavy atom. The summed E-state index contributed by atoms with van der Waals surface area (Å²) in [6.45, 7) is 0.164. The lowest BCUT2D eigenvalue weighted by Crippen LogP contribution is -2.20. The molecule has 0 fully saturated rings. The quantitative estimate of drug-likeness (QED) is 0.807. The van der Waals surface area contributed by atoms with Crippen LogP contribution in [0.1, 0.15) is 0 Å². The predicted molar refractivity (Wildman–Crippen MR) is 85.8 cm³/mol. The van der Waals surface area contributed by atoms with Crippen molar-refractivity contribution in [3.63, 3.8) is 0 Å². The first kappa shape index (κ1) is 14.0. The van der Waals surface area contributed by atoms with E-state index >= 15 is 0 Å². The zero-order chi connectivity index (χ0) is 14.7. The van der Waals surface area contributed by atoms with Crippen LogP contribution in [0.15, 0.2) is 42.5 Å². The van der Waals surface area contributed by atoms with Gasteiger partial charge in [0.25, 0.3) is 5.91 Å². The van der Waals surface area contributed by atoms with Gasteiger partial charge in [-0.05, 0) is 59.0 Å². The van der Waals surface area contributed by atoms with Crippen molar-refractivity contribution in [2.24, 2.45) is 0 Å². The van der Waals surface area contributed by atoms with Crippen LogP contribution < -0.4 is 19.5 Å². The molecule has 0 bridgehead atoms. The Morgan fingerprint density at radius 3 is 2.71 bits per heavy atom. The number of benzene rings is 2. The van der Waals surface area contributed by atoms with E-state index in [0.717, 1.165) is 3.57 Å². The van der Waals surface area contributed by atoms with E-state index < -0.39 is 0 Å². The van der Waals surface area contributed by atoms with Gasteiger partial charge in [0, 0.05) is 15.3 Å². The molecule has 1 amide bonds. The zero-order valence-corrected chi connectivity index (χ0v) is 13.1. The molecule has 1 heterocycles. The van der Waals surface area contributed by atoms with Gasteiger partial charge in [0.05, 0.1) is 0 Å². The summed E-state index contributed by atoms with van der Waals surface area (Å²) in [5, 5.41) is 2.75. The number of hydrogen-bond donors (Lipinski definition) is 1. The minimum atomic E-state index is -0.229. The van der Waals surface area contributed by atoms with Gasteiger partial charge in [-0.25, -0.2) is 0 Å². The third kappa shape index (κ3) is 3.57. The van der Waals surface area contributed by atoms with E-state index in [9.17, 15) is 4.79 Å². The summed E-state index contributed by atoms with van der Waals surface area (Å²) < 4.78 is 17.0. The molecule has 2 aromatic rings. The molecule has 0 atom stereocenters. The lowest BCUT2D eigenvalue weighted by molar-refractivity contribution is -0.118. The van der Waals surface area contributed by atoms with Crippen molar-refractivity contribution in [1.29, 1.82) is 0 Å². The van der Waals surface area contributed by atoms with Crippen LogP contribution in [0, 0.1) is 3.57 Å². The van der Waals surface area contributed by atoms with Crippen LogP contribution in [0.4, 0.5) is 5.69 Å². The Labute approximate surface area is 135 Å². The van der Waals surface area contributed by atoms with Gasteiger partial charge < -0.3 is 19.5 Å². The van der Waals surface area contributed by atoms with Gasteiger partial charge in [-0.1, -0.05) is 0 Å². The molecule has 1 aliphatic rings. The van der Waals surface area contributed by atoms with Crippen molar-refractivity contribution in [2.75, 3.05) is 18.7 Å². The van der Waals surface area contributed by atoms with Gasteiger partial charge in [-0.3, -0.25) is 4.79 Å². The molecule has 108 valence electrons. The molecule has 6 heteroatoms. The summed E-state index contributed by atoms with van der Waals surface area (Å²) in [6, 6.07) is 12.8. The summed E-state index contributed by atoms with van der Waals surface area (Å²) >= 11 is 2.21. The topological polar surface area (TPSA) is 56.8 Å². The molecular formula is C15H12INO4. The van der Waals surface area contributed by atoms with E-state index in [0.29, 0.717) is 22.9 Å². The van der Waals surface area contributed by atoms with Crippen molar-refractivity contribution in [3.8, 4) is 17.2 Å². The second kappa shape index (κ2) is 6.21. The highest BCUT2D eigenvalue weighted by Crippen LogP contribution is 2.34. The maximum Gasteiger partial charge on any atom is 0.262 e. The van der Waals surface area contributed by atoms with Crippen LogP contribution in [-0.2, 0) is 4.79 Å². The highest BCUT2D eigenvalue weighted by atomic mass is 127. The standard InChI is InChI=1S/C15H12INO4/c16-10-1-4-12(5-2-10)19-8-15(18)17-11-3-6-13-14(7-11)21-9-20-13/h1-7H,8-9H2,(H,17,18). The number of carbonyl (C=O) groups is 1. The normalized spacial score (nSPS) is 12.0. The highest BCUT2D eigenvalue weighted by molar-refractivity contribution is 14.1. The number of hydrogen-bond acceptors (Lipinski definition) is 4. The van der Waals surface area contributed by atoms with E-state index in [1.807, 2.05) is 24.3 Å². The third-order valence-electron chi connectivity index (χ3n) is 2.84. The van der Waals surface area contributed by atoms with Crippen LogP contribution in [0.2, 0.25) is 0 Å². The maximum absolute atomic E-state index is 11.8. The minimum Gasteiger partial charge on any atom is -0.484 e. The summed E-state index contributed by atoms with van der Waals surface area (Å²) in [6.07, 6.45) is 0. The molecule has 0 saturated carbocycles. The Balaban J connectivity index is 1.55. The molecule has 0 aromatic heterocycles. The van der Waals surface area contributed by atoms with Crippen molar-refractivity contribution in [3.05, 3.63) is 46.0 Å². The van der Waals surface area contributed by atoms with E-state index in [2.05, 4.69) is 27.9 Å². The first-order valence-electron chi connectivity index (χ1n) is 6.28. The molecular weight excluding hydrogens is 385 g/mol. The molecule has 21 heavy (non-hydrogen) atoms. The Hall–Kier alpha value is -1.96. The monoisotopic (exact) mass is 397 g/mol. The molecule has 0 aliphatic carbocycles. The third-order valence-corrected chi connectivity index (χ3v) is 3.56. The van der Waals surface area contributed by atoms with Crippen LogP contribution >= 0.6 is 22.6 Å². The van der Waals surface area contributed by atoms with E-state index in [-0.39, 0.29) is 19.3 Å². The first-order valence-corrected chi connectivity index (χ1v) is 7.36. The van der Waals surface area contributed by atoms with Crippen molar-refractivity contribution >= 4 is 34.2 Å².